The van der Waals surface area contributed by atoms with Crippen LogP contribution in [0.2, 0.25) is 0 Å². The summed E-state index contributed by atoms with van der Waals surface area (Å²) >= 11 is 3.06. The van der Waals surface area contributed by atoms with Gasteiger partial charge in [-0.1, -0.05) is 12.1 Å². The first-order valence-corrected chi connectivity index (χ1v) is 7.87. The molecule has 0 aliphatic rings. The first kappa shape index (κ1) is 14.7. The van der Waals surface area contributed by atoms with Crippen molar-refractivity contribution in [2.24, 2.45) is 0 Å². The molecule has 0 spiro atoms. The molecular formula is C14H15NO3S2. The maximum Gasteiger partial charge on any atom is 0.307 e. The van der Waals surface area contributed by atoms with Crippen molar-refractivity contribution < 1.29 is 14.3 Å². The molecule has 0 bridgehead atoms. The molecule has 0 unspecified atom stereocenters. The average Bonchev–Trinajstić information content (AvgIpc) is 3.10. The second-order valence-corrected chi connectivity index (χ2v) is 6.18. The quantitative estimate of drug-likeness (QED) is 0.835. The zero-order chi connectivity index (χ0) is 14.4. The largest absolute Gasteiger partial charge is 0.469 e. The van der Waals surface area contributed by atoms with Crippen LogP contribution >= 0.6 is 22.7 Å². The molecule has 0 radical (unpaired) electrons. The zero-order valence-electron chi connectivity index (χ0n) is 11.0. The number of nitrogens with one attached hydrogen (secondary N) is 1. The minimum absolute atomic E-state index is 0.0882. The summed E-state index contributed by atoms with van der Waals surface area (Å²) in [7, 11) is 1.35. The highest BCUT2D eigenvalue weighted by Crippen LogP contribution is 2.22. The van der Waals surface area contributed by atoms with Gasteiger partial charge in [0.05, 0.1) is 26.0 Å². The van der Waals surface area contributed by atoms with E-state index in [1.165, 1.54) is 18.4 Å². The SMILES string of the molecule is COC(=O)C[C@@H](NC(=O)Cc1cccs1)c1cccs1. The summed E-state index contributed by atoms with van der Waals surface area (Å²) in [5.41, 5.74) is 0. The fraction of sp³-hybridized carbons (Fsp3) is 0.286. The number of esters is 1. The Kier molecular flexibility index (Phi) is 5.31. The number of thiophene rings is 2. The van der Waals surface area contributed by atoms with Crippen LogP contribution in [0.1, 0.15) is 22.2 Å². The molecule has 106 valence electrons. The van der Waals surface area contributed by atoms with Crippen molar-refractivity contribution >= 4 is 34.6 Å². The third-order valence-corrected chi connectivity index (χ3v) is 4.60. The lowest BCUT2D eigenvalue weighted by Gasteiger charge is -2.16. The maximum atomic E-state index is 12.0. The summed E-state index contributed by atoms with van der Waals surface area (Å²) in [6.07, 6.45) is 0.480. The van der Waals surface area contributed by atoms with Gasteiger partial charge in [0.1, 0.15) is 0 Å². The lowest BCUT2D eigenvalue weighted by atomic mass is 10.1. The lowest BCUT2D eigenvalue weighted by Crippen LogP contribution is -2.31. The van der Waals surface area contributed by atoms with Crippen LogP contribution in [0.3, 0.4) is 0 Å². The van der Waals surface area contributed by atoms with E-state index >= 15 is 0 Å². The van der Waals surface area contributed by atoms with Crippen LogP contribution in [0, 0.1) is 0 Å². The van der Waals surface area contributed by atoms with Crippen LogP contribution in [0.15, 0.2) is 35.0 Å². The number of ether oxygens (including phenoxy) is 1. The zero-order valence-corrected chi connectivity index (χ0v) is 12.6. The van der Waals surface area contributed by atoms with Gasteiger partial charge in [-0.3, -0.25) is 9.59 Å². The summed E-state index contributed by atoms with van der Waals surface area (Å²) in [6, 6.07) is 7.32. The number of methoxy groups -OCH3 is 1. The van der Waals surface area contributed by atoms with Gasteiger partial charge in [-0.2, -0.15) is 0 Å². The predicted molar refractivity (Wildman–Crippen MR) is 79.9 cm³/mol. The molecule has 4 nitrogen and oxygen atoms in total. The third kappa shape index (κ3) is 4.18. The van der Waals surface area contributed by atoms with Gasteiger partial charge in [-0.25, -0.2) is 0 Å². The monoisotopic (exact) mass is 309 g/mol. The van der Waals surface area contributed by atoms with E-state index in [0.29, 0.717) is 6.42 Å². The Morgan fingerprint density at radius 2 is 2.00 bits per heavy atom. The molecule has 2 aromatic heterocycles. The molecular weight excluding hydrogens is 294 g/mol. The summed E-state index contributed by atoms with van der Waals surface area (Å²) < 4.78 is 4.68. The smallest absolute Gasteiger partial charge is 0.307 e. The van der Waals surface area contributed by atoms with Crippen LogP contribution in [-0.2, 0) is 20.7 Å². The highest BCUT2D eigenvalue weighted by Gasteiger charge is 2.20. The van der Waals surface area contributed by atoms with Crippen LogP contribution in [0.5, 0.6) is 0 Å². The van der Waals surface area contributed by atoms with Crippen molar-refractivity contribution in [3.63, 3.8) is 0 Å². The molecule has 0 aromatic carbocycles. The van der Waals surface area contributed by atoms with E-state index < -0.39 is 0 Å². The van der Waals surface area contributed by atoms with Gasteiger partial charge in [-0.05, 0) is 22.9 Å². The normalized spacial score (nSPS) is 11.8. The van der Waals surface area contributed by atoms with Gasteiger partial charge in [0.25, 0.3) is 0 Å². The van der Waals surface area contributed by atoms with Crippen molar-refractivity contribution in [1.29, 1.82) is 0 Å². The van der Waals surface area contributed by atoms with Gasteiger partial charge in [0.15, 0.2) is 0 Å². The minimum atomic E-state index is -0.333. The number of rotatable bonds is 6. The van der Waals surface area contributed by atoms with Gasteiger partial charge in [0, 0.05) is 9.75 Å². The molecule has 1 amide bonds. The van der Waals surface area contributed by atoms with Crippen molar-refractivity contribution in [3.8, 4) is 0 Å². The Morgan fingerprint density at radius 1 is 1.25 bits per heavy atom. The van der Waals surface area contributed by atoms with E-state index in [4.69, 9.17) is 0 Å². The fourth-order valence-electron chi connectivity index (χ4n) is 1.78. The first-order valence-electron chi connectivity index (χ1n) is 6.11. The number of amides is 1. The summed E-state index contributed by atoms with van der Waals surface area (Å²) in [6.45, 7) is 0. The van der Waals surface area contributed by atoms with Gasteiger partial charge in [-0.15, -0.1) is 22.7 Å². The van der Waals surface area contributed by atoms with Crippen LogP contribution in [0.25, 0.3) is 0 Å². The summed E-state index contributed by atoms with van der Waals surface area (Å²) in [5, 5.41) is 6.76. The summed E-state index contributed by atoms with van der Waals surface area (Å²) in [4.78, 5) is 25.4. The van der Waals surface area contributed by atoms with Crippen molar-refractivity contribution in [3.05, 3.63) is 44.8 Å². The Hall–Kier alpha value is -1.66. The van der Waals surface area contributed by atoms with E-state index in [9.17, 15) is 9.59 Å². The molecule has 0 aliphatic heterocycles. The predicted octanol–water partition coefficient (Wildman–Crippen LogP) is 2.77. The molecule has 0 aliphatic carbocycles. The van der Waals surface area contributed by atoms with Crippen LogP contribution in [0.4, 0.5) is 0 Å². The minimum Gasteiger partial charge on any atom is -0.469 e. The highest BCUT2D eigenvalue weighted by molar-refractivity contribution is 7.10. The molecule has 0 fully saturated rings. The van der Waals surface area contributed by atoms with Gasteiger partial charge >= 0.3 is 5.97 Å². The molecule has 1 atom stereocenters. The second-order valence-electron chi connectivity index (χ2n) is 4.17. The number of carbonyl (C=O) groups excluding carboxylic acids is 2. The number of hydrogen-bond donors (Lipinski definition) is 1. The number of hydrogen-bond acceptors (Lipinski definition) is 5. The molecule has 2 aromatic rings. The second kappa shape index (κ2) is 7.21. The number of carbonyl (C=O) groups is 2. The Balaban J connectivity index is 2.00. The molecule has 0 saturated carbocycles. The molecule has 2 heterocycles. The van der Waals surface area contributed by atoms with Crippen molar-refractivity contribution in [2.75, 3.05) is 7.11 Å². The molecule has 6 heteroatoms. The Morgan fingerprint density at radius 3 is 2.60 bits per heavy atom. The highest BCUT2D eigenvalue weighted by atomic mass is 32.1. The lowest BCUT2D eigenvalue weighted by molar-refractivity contribution is -0.141. The van der Waals surface area contributed by atoms with Gasteiger partial charge < -0.3 is 10.1 Å². The Bertz CT molecular complexity index is 549. The van der Waals surface area contributed by atoms with Crippen molar-refractivity contribution in [2.45, 2.75) is 18.9 Å². The third-order valence-electron chi connectivity index (χ3n) is 2.74. The summed E-state index contributed by atoms with van der Waals surface area (Å²) in [5.74, 6) is -0.422. The van der Waals surface area contributed by atoms with Crippen LogP contribution < -0.4 is 5.32 Å². The molecule has 20 heavy (non-hydrogen) atoms. The topological polar surface area (TPSA) is 55.4 Å². The molecule has 0 saturated heterocycles. The van der Waals surface area contributed by atoms with E-state index in [1.807, 2.05) is 35.0 Å². The Labute approximate surface area is 125 Å². The molecule has 1 N–H and O–H groups in total. The van der Waals surface area contributed by atoms with E-state index in [1.54, 1.807) is 11.3 Å². The standard InChI is InChI=1S/C14H15NO3S2/c1-18-14(17)9-11(12-5-3-7-20-12)15-13(16)8-10-4-2-6-19-10/h2-7,11H,8-9H2,1H3,(H,15,16)/t11-/m1/s1. The average molecular weight is 309 g/mol. The van der Waals surface area contributed by atoms with E-state index in [2.05, 4.69) is 10.1 Å². The van der Waals surface area contributed by atoms with E-state index in [-0.39, 0.29) is 24.3 Å². The van der Waals surface area contributed by atoms with Crippen LogP contribution in [-0.4, -0.2) is 19.0 Å². The molecule has 2 rings (SSSR count). The van der Waals surface area contributed by atoms with E-state index in [0.717, 1.165) is 9.75 Å². The first-order chi connectivity index (χ1) is 9.69. The van der Waals surface area contributed by atoms with Gasteiger partial charge in [0.2, 0.25) is 5.91 Å². The fourth-order valence-corrected chi connectivity index (χ4v) is 3.26. The van der Waals surface area contributed by atoms with Crippen molar-refractivity contribution in [1.82, 2.24) is 5.32 Å². The maximum absolute atomic E-state index is 12.0.